The highest BCUT2D eigenvalue weighted by molar-refractivity contribution is 7.90. The van der Waals surface area contributed by atoms with E-state index in [1.807, 2.05) is 13.0 Å². The third-order valence-corrected chi connectivity index (χ3v) is 5.31. The van der Waals surface area contributed by atoms with Gasteiger partial charge in [0.1, 0.15) is 10.6 Å². The van der Waals surface area contributed by atoms with E-state index < -0.39 is 15.7 Å². The number of halogens is 1. The van der Waals surface area contributed by atoms with Crippen molar-refractivity contribution in [3.63, 3.8) is 0 Å². The number of sulfonamides is 1. The van der Waals surface area contributed by atoms with E-state index in [0.29, 0.717) is 31.6 Å². The highest BCUT2D eigenvalue weighted by atomic mass is 32.2. The van der Waals surface area contributed by atoms with Crippen LogP contribution in [0.2, 0.25) is 0 Å². The third-order valence-electron chi connectivity index (χ3n) is 3.93. The van der Waals surface area contributed by atoms with Gasteiger partial charge >= 0.3 is 0 Å². The minimum atomic E-state index is -3.66. The fourth-order valence-corrected chi connectivity index (χ4v) is 3.85. The first-order valence-corrected chi connectivity index (χ1v) is 8.71. The summed E-state index contributed by atoms with van der Waals surface area (Å²) in [5.41, 5.74) is -0.0658. The van der Waals surface area contributed by atoms with Crippen LogP contribution in [-0.4, -0.2) is 39.7 Å². The molecule has 2 aliphatic heterocycles. The summed E-state index contributed by atoms with van der Waals surface area (Å²) in [7, 11) is -3.66. The summed E-state index contributed by atoms with van der Waals surface area (Å²) in [5, 5.41) is 6.01. The molecule has 0 aliphatic carbocycles. The molecule has 0 amide bonds. The van der Waals surface area contributed by atoms with Crippen LogP contribution in [0.5, 0.6) is 0 Å². The zero-order valence-electron chi connectivity index (χ0n) is 12.3. The largest absolute Gasteiger partial charge is 0.324 e. The van der Waals surface area contributed by atoms with Gasteiger partial charge in [-0.25, -0.2) is 22.5 Å². The fraction of sp³-hybridized carbons (Fsp3) is 0.500. The van der Waals surface area contributed by atoms with Gasteiger partial charge in [0.05, 0.1) is 12.2 Å². The molecule has 2 aliphatic rings. The number of rotatable bonds is 2. The van der Waals surface area contributed by atoms with Gasteiger partial charge in [0.15, 0.2) is 0 Å². The molecule has 3 N–H and O–H groups in total. The van der Waals surface area contributed by atoms with Crippen LogP contribution in [0.1, 0.15) is 18.4 Å². The minimum Gasteiger partial charge on any atom is -0.324 e. The normalized spacial score (nSPS) is 24.2. The summed E-state index contributed by atoms with van der Waals surface area (Å²) < 4.78 is 41.3. The van der Waals surface area contributed by atoms with E-state index in [0.717, 1.165) is 5.56 Å². The van der Waals surface area contributed by atoms with Crippen LogP contribution in [0.15, 0.2) is 28.1 Å². The first kappa shape index (κ1) is 15.2. The van der Waals surface area contributed by atoms with Crippen LogP contribution in [0.4, 0.5) is 10.1 Å². The van der Waals surface area contributed by atoms with Crippen molar-refractivity contribution >= 4 is 21.7 Å². The van der Waals surface area contributed by atoms with E-state index in [1.54, 1.807) is 12.1 Å². The Kier molecular flexibility index (Phi) is 3.82. The maximum absolute atomic E-state index is 14.5. The number of piperidine rings is 1. The molecule has 6 nitrogen and oxygen atoms in total. The van der Waals surface area contributed by atoms with Crippen molar-refractivity contribution in [3.8, 4) is 0 Å². The lowest BCUT2D eigenvalue weighted by atomic mass is 9.95. The summed E-state index contributed by atoms with van der Waals surface area (Å²) in [4.78, 5) is 4.29. The molecule has 22 heavy (non-hydrogen) atoms. The van der Waals surface area contributed by atoms with Gasteiger partial charge in [0.2, 0.25) is 5.96 Å². The van der Waals surface area contributed by atoms with Crippen molar-refractivity contribution in [1.82, 2.24) is 10.0 Å². The lowest BCUT2D eigenvalue weighted by molar-refractivity contribution is 0.126. The molecule has 8 heteroatoms. The van der Waals surface area contributed by atoms with Gasteiger partial charge in [-0.3, -0.25) is 0 Å². The molecule has 3 rings (SSSR count). The zero-order valence-corrected chi connectivity index (χ0v) is 13.1. The molecule has 0 radical (unpaired) electrons. The van der Waals surface area contributed by atoms with Gasteiger partial charge in [-0.05, 0) is 50.6 Å². The van der Waals surface area contributed by atoms with Gasteiger partial charge in [0.25, 0.3) is 10.0 Å². The molecule has 0 atom stereocenters. The predicted octanol–water partition coefficient (Wildman–Crippen LogP) is 1.15. The number of hydrogen-bond acceptors (Lipinski definition) is 4. The van der Waals surface area contributed by atoms with Gasteiger partial charge in [-0.1, -0.05) is 6.07 Å². The summed E-state index contributed by atoms with van der Waals surface area (Å²) in [6, 6.07) is 5.09. The fourth-order valence-electron chi connectivity index (χ4n) is 2.62. The van der Waals surface area contributed by atoms with Crippen LogP contribution in [-0.2, 0) is 10.0 Å². The number of guanidine groups is 1. The molecular weight excluding hydrogens is 307 g/mol. The van der Waals surface area contributed by atoms with Crippen molar-refractivity contribution in [2.45, 2.75) is 30.3 Å². The number of hydrogen-bond donors (Lipinski definition) is 3. The SMILES string of the molecule is Cc1ccc2c(c1)S(=O)(=O)NC(=NCC1(F)CCNCC1)N2. The van der Waals surface area contributed by atoms with Crippen molar-refractivity contribution in [2.75, 3.05) is 25.0 Å². The number of aliphatic imine (C=N–C) groups is 1. The molecule has 1 saturated heterocycles. The Morgan fingerprint density at radius 2 is 2.05 bits per heavy atom. The Morgan fingerprint density at radius 3 is 2.77 bits per heavy atom. The van der Waals surface area contributed by atoms with Gasteiger partial charge in [-0.2, -0.15) is 0 Å². The maximum atomic E-state index is 14.5. The quantitative estimate of drug-likeness (QED) is 0.761. The van der Waals surface area contributed by atoms with E-state index in [1.165, 1.54) is 0 Å². The molecule has 0 unspecified atom stereocenters. The van der Waals surface area contributed by atoms with Gasteiger partial charge in [-0.15, -0.1) is 0 Å². The topological polar surface area (TPSA) is 82.6 Å². The number of alkyl halides is 1. The first-order valence-electron chi connectivity index (χ1n) is 7.23. The molecule has 0 bridgehead atoms. The summed E-state index contributed by atoms with van der Waals surface area (Å²) >= 11 is 0. The first-order chi connectivity index (χ1) is 10.4. The lowest BCUT2D eigenvalue weighted by Crippen LogP contribution is -2.44. The van der Waals surface area contributed by atoms with Gasteiger partial charge < -0.3 is 10.6 Å². The van der Waals surface area contributed by atoms with Crippen LogP contribution < -0.4 is 15.4 Å². The number of benzene rings is 1. The number of nitrogens with one attached hydrogen (secondary N) is 3. The monoisotopic (exact) mass is 326 g/mol. The molecule has 1 aromatic carbocycles. The lowest BCUT2D eigenvalue weighted by Gasteiger charge is -2.29. The molecule has 1 fully saturated rings. The Bertz CT molecular complexity index is 712. The summed E-state index contributed by atoms with van der Waals surface area (Å²) in [5.74, 6) is 0.0758. The highest BCUT2D eigenvalue weighted by Gasteiger charge is 2.32. The molecule has 0 saturated carbocycles. The Labute approximate surface area is 129 Å². The summed E-state index contributed by atoms with van der Waals surface area (Å²) in [6.45, 7) is 3.00. The second-order valence-electron chi connectivity index (χ2n) is 5.80. The Morgan fingerprint density at radius 1 is 1.32 bits per heavy atom. The van der Waals surface area contributed by atoms with Gasteiger partial charge in [0, 0.05) is 0 Å². The third kappa shape index (κ3) is 3.07. The maximum Gasteiger partial charge on any atom is 0.266 e. The van der Waals surface area contributed by atoms with E-state index in [-0.39, 0.29) is 17.4 Å². The smallest absolute Gasteiger partial charge is 0.266 e. The standard InChI is InChI=1S/C14H19FN4O2S/c1-10-2-3-11-12(8-10)22(20,21)19-13(18-11)17-9-14(15)4-6-16-7-5-14/h2-3,8,16H,4-7,9H2,1H3,(H2,17,18,19). The van der Waals surface area contributed by atoms with E-state index in [4.69, 9.17) is 0 Å². The van der Waals surface area contributed by atoms with Crippen molar-refractivity contribution in [2.24, 2.45) is 4.99 Å². The average Bonchev–Trinajstić information content (AvgIpc) is 2.46. The second-order valence-corrected chi connectivity index (χ2v) is 7.45. The van der Waals surface area contributed by atoms with E-state index in [2.05, 4.69) is 20.3 Å². The van der Waals surface area contributed by atoms with Crippen LogP contribution in [0, 0.1) is 6.92 Å². The highest BCUT2D eigenvalue weighted by Crippen LogP contribution is 2.27. The van der Waals surface area contributed by atoms with E-state index >= 15 is 0 Å². The van der Waals surface area contributed by atoms with Crippen molar-refractivity contribution < 1.29 is 12.8 Å². The molecule has 0 spiro atoms. The number of fused-ring (bicyclic) bond motifs is 1. The molecule has 120 valence electrons. The molecular formula is C14H19FN4O2S. The van der Waals surface area contributed by atoms with Crippen LogP contribution in [0.3, 0.4) is 0 Å². The molecule has 2 heterocycles. The average molecular weight is 326 g/mol. The number of aryl methyl sites for hydroxylation is 1. The van der Waals surface area contributed by atoms with Crippen LogP contribution >= 0.6 is 0 Å². The molecule has 1 aromatic rings. The van der Waals surface area contributed by atoms with Crippen molar-refractivity contribution in [1.29, 1.82) is 0 Å². The summed E-state index contributed by atoms with van der Waals surface area (Å²) in [6.07, 6.45) is 0.763. The second kappa shape index (κ2) is 5.51. The van der Waals surface area contributed by atoms with E-state index in [9.17, 15) is 12.8 Å². The van der Waals surface area contributed by atoms with Crippen LogP contribution in [0.25, 0.3) is 0 Å². The Balaban J connectivity index is 1.82. The Hall–Kier alpha value is -1.67. The molecule has 0 aromatic heterocycles. The number of nitrogens with zero attached hydrogens (tertiary/aromatic N) is 1. The zero-order chi connectivity index (χ0) is 15.8. The minimum absolute atomic E-state index is 0.0548. The van der Waals surface area contributed by atoms with Crippen molar-refractivity contribution in [3.05, 3.63) is 23.8 Å². The predicted molar refractivity (Wildman–Crippen MR) is 83.4 cm³/mol. The number of anilines is 1.